The third-order valence-electron chi connectivity index (χ3n) is 3.33. The number of nitrogens with one attached hydrogen (secondary N) is 3. The number of rotatable bonds is 6. The van der Waals surface area contributed by atoms with Crippen LogP contribution in [0.1, 0.15) is 18.2 Å². The highest BCUT2D eigenvalue weighted by Crippen LogP contribution is 2.34. The number of benzene rings is 1. The van der Waals surface area contributed by atoms with Crippen LogP contribution < -0.4 is 16.1 Å². The van der Waals surface area contributed by atoms with Gasteiger partial charge in [-0.15, -0.1) is 0 Å². The van der Waals surface area contributed by atoms with Crippen LogP contribution in [-0.4, -0.2) is 30.3 Å². The minimum absolute atomic E-state index is 0.0801. The number of hydrogen-bond donors (Lipinski definition) is 3. The van der Waals surface area contributed by atoms with Gasteiger partial charge in [0.25, 0.3) is 0 Å². The second-order valence-electron chi connectivity index (χ2n) is 5.50. The summed E-state index contributed by atoms with van der Waals surface area (Å²) in [6.45, 7) is 2.19. The summed E-state index contributed by atoms with van der Waals surface area (Å²) in [5.74, 6) is -1.13. The summed E-state index contributed by atoms with van der Waals surface area (Å²) in [6.07, 6.45) is -3.52. The Kier molecular flexibility index (Phi) is 7.10. The Morgan fingerprint density at radius 3 is 2.61 bits per heavy atom. The summed E-state index contributed by atoms with van der Waals surface area (Å²) in [4.78, 5) is 10.7. The molecule has 2 rings (SSSR count). The van der Waals surface area contributed by atoms with Crippen LogP contribution in [0.3, 0.4) is 0 Å². The average Bonchev–Trinajstić information content (AvgIpc) is 3.07. The normalized spacial score (nSPS) is 11.5. The largest absolute Gasteiger partial charge is 0.455 e. The molecular weight excluding hydrogens is 400 g/mol. The number of amides is 1. The third kappa shape index (κ3) is 6.34. The first-order chi connectivity index (χ1) is 13.2. The van der Waals surface area contributed by atoms with Gasteiger partial charge in [-0.2, -0.15) is 18.3 Å². The van der Waals surface area contributed by atoms with Crippen molar-refractivity contribution in [2.45, 2.75) is 13.1 Å². The lowest BCUT2D eigenvalue weighted by Crippen LogP contribution is -2.37. The van der Waals surface area contributed by atoms with E-state index in [1.807, 2.05) is 0 Å². The summed E-state index contributed by atoms with van der Waals surface area (Å²) in [5.41, 5.74) is 1.24. The van der Waals surface area contributed by atoms with Gasteiger partial charge in [0.15, 0.2) is 5.11 Å². The Bertz CT molecular complexity index is 880. The van der Waals surface area contributed by atoms with Gasteiger partial charge in [-0.05, 0) is 42.5 Å². The second kappa shape index (κ2) is 9.31. The van der Waals surface area contributed by atoms with E-state index in [0.29, 0.717) is 19.2 Å². The maximum atomic E-state index is 13.4. The van der Waals surface area contributed by atoms with E-state index >= 15 is 0 Å². The zero-order valence-corrected chi connectivity index (χ0v) is 15.4. The Balaban J connectivity index is 1.95. The minimum Gasteiger partial charge on any atom is -0.455 e. The van der Waals surface area contributed by atoms with Gasteiger partial charge in [-0.3, -0.25) is 10.2 Å². The van der Waals surface area contributed by atoms with E-state index in [9.17, 15) is 22.4 Å². The van der Waals surface area contributed by atoms with E-state index in [4.69, 9.17) is 16.6 Å². The van der Waals surface area contributed by atoms with Crippen LogP contribution >= 0.6 is 12.2 Å². The number of nitrogens with zero attached hydrogens (tertiary/aromatic N) is 1. The van der Waals surface area contributed by atoms with Crippen LogP contribution in [0, 0.1) is 5.82 Å². The van der Waals surface area contributed by atoms with E-state index in [0.717, 1.165) is 6.07 Å². The number of alkyl halides is 3. The number of thiocarbonyl (C=S) groups is 1. The maximum Gasteiger partial charge on any atom is 0.419 e. The second-order valence-corrected chi connectivity index (χ2v) is 5.91. The lowest BCUT2D eigenvalue weighted by atomic mass is 10.1. The van der Waals surface area contributed by atoms with E-state index in [-0.39, 0.29) is 28.1 Å². The lowest BCUT2D eigenvalue weighted by molar-refractivity contribution is -0.140. The van der Waals surface area contributed by atoms with E-state index in [1.165, 1.54) is 31.3 Å². The first-order valence-corrected chi connectivity index (χ1v) is 8.36. The summed E-state index contributed by atoms with van der Waals surface area (Å²) in [7, 11) is 0. The molecule has 6 nitrogen and oxygen atoms in total. The van der Waals surface area contributed by atoms with Gasteiger partial charge in [-0.1, -0.05) is 0 Å². The zero-order chi connectivity index (χ0) is 20.7. The molecule has 0 atom stereocenters. The van der Waals surface area contributed by atoms with Crippen molar-refractivity contribution in [2.75, 3.05) is 13.1 Å². The number of carbonyl (C=O) groups excluding carboxylic acids is 1. The lowest BCUT2D eigenvalue weighted by Gasteiger charge is -2.09. The highest BCUT2D eigenvalue weighted by molar-refractivity contribution is 7.80. The van der Waals surface area contributed by atoms with E-state index in [2.05, 4.69) is 21.2 Å². The predicted octanol–water partition coefficient (Wildman–Crippen LogP) is 3.04. The van der Waals surface area contributed by atoms with Crippen molar-refractivity contribution >= 4 is 29.5 Å². The summed E-state index contributed by atoms with van der Waals surface area (Å²) >= 11 is 4.97. The molecule has 0 saturated carbocycles. The molecule has 1 heterocycles. The molecule has 0 unspecified atom stereocenters. The predicted molar refractivity (Wildman–Crippen MR) is 99.1 cm³/mol. The fourth-order valence-corrected chi connectivity index (χ4v) is 2.24. The van der Waals surface area contributed by atoms with Gasteiger partial charge in [0.05, 0.1) is 11.8 Å². The van der Waals surface area contributed by atoms with Crippen molar-refractivity contribution in [3.8, 4) is 11.3 Å². The fraction of sp³-hybridized carbons (Fsp3) is 0.235. The van der Waals surface area contributed by atoms with Crippen LogP contribution in [0.2, 0.25) is 0 Å². The molecule has 0 radical (unpaired) electrons. The molecule has 150 valence electrons. The zero-order valence-electron chi connectivity index (χ0n) is 14.6. The average molecular weight is 416 g/mol. The molecule has 0 spiro atoms. The van der Waals surface area contributed by atoms with Crippen LogP contribution in [-0.2, 0) is 11.0 Å². The van der Waals surface area contributed by atoms with Gasteiger partial charge in [0, 0.05) is 25.6 Å². The Labute approximate surface area is 163 Å². The van der Waals surface area contributed by atoms with Gasteiger partial charge < -0.3 is 15.1 Å². The molecule has 3 N–H and O–H groups in total. The molecule has 0 aliphatic carbocycles. The highest BCUT2D eigenvalue weighted by Gasteiger charge is 2.34. The van der Waals surface area contributed by atoms with Gasteiger partial charge >= 0.3 is 6.18 Å². The topological polar surface area (TPSA) is 78.7 Å². The molecule has 0 bridgehead atoms. The van der Waals surface area contributed by atoms with Crippen molar-refractivity contribution < 1.29 is 26.8 Å². The summed E-state index contributed by atoms with van der Waals surface area (Å²) in [6, 6.07) is 5.54. The maximum absolute atomic E-state index is 13.4. The summed E-state index contributed by atoms with van der Waals surface area (Å²) in [5, 5.41) is 9.43. The van der Waals surface area contributed by atoms with Gasteiger partial charge in [0.1, 0.15) is 17.3 Å². The third-order valence-corrected chi connectivity index (χ3v) is 3.56. The van der Waals surface area contributed by atoms with Gasteiger partial charge in [0.2, 0.25) is 5.91 Å². The van der Waals surface area contributed by atoms with Crippen LogP contribution in [0.15, 0.2) is 39.9 Å². The van der Waals surface area contributed by atoms with Crippen LogP contribution in [0.4, 0.5) is 17.6 Å². The van der Waals surface area contributed by atoms with Crippen LogP contribution in [0.25, 0.3) is 11.3 Å². The van der Waals surface area contributed by atoms with Crippen molar-refractivity contribution in [2.24, 2.45) is 5.10 Å². The first-order valence-electron chi connectivity index (χ1n) is 7.95. The highest BCUT2D eigenvalue weighted by atomic mass is 32.1. The number of halogens is 4. The Morgan fingerprint density at radius 2 is 1.93 bits per heavy atom. The molecule has 11 heteroatoms. The fourth-order valence-electron chi connectivity index (χ4n) is 2.08. The molecular formula is C17H16F4N4O2S. The number of furan rings is 1. The number of hydrogen-bond acceptors (Lipinski definition) is 4. The molecule has 1 aromatic carbocycles. The first kappa shape index (κ1) is 21.4. The molecule has 0 aliphatic rings. The molecule has 0 fully saturated rings. The SMILES string of the molecule is CC(=O)NCCNC(=S)N/N=C/c1ccc(-c2ccc(F)c(C(F)(F)F)c2)o1. The number of carbonyl (C=O) groups is 1. The molecule has 0 saturated heterocycles. The molecule has 1 amide bonds. The van der Waals surface area contributed by atoms with Crippen molar-refractivity contribution in [3.63, 3.8) is 0 Å². The van der Waals surface area contributed by atoms with Crippen molar-refractivity contribution in [1.29, 1.82) is 0 Å². The monoisotopic (exact) mass is 416 g/mol. The molecule has 1 aromatic heterocycles. The van der Waals surface area contributed by atoms with Crippen molar-refractivity contribution in [3.05, 3.63) is 47.5 Å². The standard InChI is InChI=1S/C17H16F4N4O2S/c1-10(26)22-6-7-23-16(28)25-24-9-12-3-5-15(27-12)11-2-4-14(18)13(8-11)17(19,20)21/h2-5,8-9H,6-7H2,1H3,(H,22,26)(H2,23,25,28)/b24-9+. The molecule has 0 aliphatic heterocycles. The quantitative estimate of drug-likeness (QED) is 0.222. The Morgan fingerprint density at radius 1 is 1.21 bits per heavy atom. The molecule has 28 heavy (non-hydrogen) atoms. The van der Waals surface area contributed by atoms with E-state index in [1.54, 1.807) is 0 Å². The van der Waals surface area contributed by atoms with Crippen LogP contribution in [0.5, 0.6) is 0 Å². The summed E-state index contributed by atoms with van der Waals surface area (Å²) < 4.78 is 57.2. The molecule has 2 aromatic rings. The minimum atomic E-state index is -4.80. The number of hydrazone groups is 1. The van der Waals surface area contributed by atoms with E-state index < -0.39 is 17.6 Å². The van der Waals surface area contributed by atoms with Crippen molar-refractivity contribution in [1.82, 2.24) is 16.1 Å². The van der Waals surface area contributed by atoms with Gasteiger partial charge in [-0.25, -0.2) is 4.39 Å². The smallest absolute Gasteiger partial charge is 0.419 e. The Hall–Kier alpha value is -2.95.